The fraction of sp³-hybridized carbons (Fsp3) is 0.579. The van der Waals surface area contributed by atoms with Crippen LogP contribution < -0.4 is 10.6 Å². The van der Waals surface area contributed by atoms with Crippen LogP contribution in [0.2, 0.25) is 0 Å². The van der Waals surface area contributed by atoms with Gasteiger partial charge in [0.1, 0.15) is 0 Å². The van der Waals surface area contributed by atoms with Crippen molar-refractivity contribution in [2.45, 2.75) is 44.7 Å². The highest BCUT2D eigenvalue weighted by Crippen LogP contribution is 2.13. The van der Waals surface area contributed by atoms with Crippen LogP contribution in [0.15, 0.2) is 30.3 Å². The van der Waals surface area contributed by atoms with Gasteiger partial charge in [-0.1, -0.05) is 30.3 Å². The molecule has 0 aliphatic carbocycles. The van der Waals surface area contributed by atoms with E-state index in [0.29, 0.717) is 6.54 Å². The van der Waals surface area contributed by atoms with E-state index in [0.717, 1.165) is 51.7 Å². The van der Waals surface area contributed by atoms with Gasteiger partial charge >= 0.3 is 11.8 Å². The van der Waals surface area contributed by atoms with Crippen LogP contribution in [0.4, 0.5) is 0 Å². The third kappa shape index (κ3) is 7.23. The average Bonchev–Trinajstić information content (AvgIpc) is 2.64. The van der Waals surface area contributed by atoms with Crippen molar-refractivity contribution >= 4 is 11.8 Å². The minimum atomic E-state index is -0.560. The summed E-state index contributed by atoms with van der Waals surface area (Å²) in [5, 5.41) is 14.2. The first kappa shape index (κ1) is 19.4. The summed E-state index contributed by atoms with van der Waals surface area (Å²) in [6, 6.07) is 10.4. The standard InChI is InChI=1S/C19H29N3O3/c23-14-6-2-5-11-20-18(24)19(25)21-17-9-12-22(13-10-17)15-16-7-3-1-4-8-16/h1,3-4,7-8,17,23H,2,5-6,9-15H2,(H,20,24)(H,21,25). The molecule has 2 amide bonds. The van der Waals surface area contributed by atoms with E-state index < -0.39 is 11.8 Å². The first-order chi connectivity index (χ1) is 12.2. The monoisotopic (exact) mass is 347 g/mol. The van der Waals surface area contributed by atoms with Crippen molar-refractivity contribution in [2.75, 3.05) is 26.2 Å². The molecule has 1 aromatic rings. The number of nitrogens with zero attached hydrogens (tertiary/aromatic N) is 1. The van der Waals surface area contributed by atoms with Gasteiger partial charge in [0.2, 0.25) is 0 Å². The topological polar surface area (TPSA) is 81.7 Å². The maximum atomic E-state index is 11.9. The Bertz CT molecular complexity index is 528. The Balaban J connectivity index is 1.62. The molecule has 0 saturated carbocycles. The van der Waals surface area contributed by atoms with Crippen molar-refractivity contribution in [2.24, 2.45) is 0 Å². The molecule has 1 heterocycles. The Morgan fingerprint density at radius 2 is 1.76 bits per heavy atom. The molecule has 6 heteroatoms. The fourth-order valence-electron chi connectivity index (χ4n) is 3.02. The van der Waals surface area contributed by atoms with Crippen LogP contribution in [0.3, 0.4) is 0 Å². The molecule has 6 nitrogen and oxygen atoms in total. The number of carbonyl (C=O) groups excluding carboxylic acids is 2. The number of benzene rings is 1. The van der Waals surface area contributed by atoms with Crippen LogP contribution >= 0.6 is 0 Å². The number of carbonyl (C=O) groups is 2. The number of aliphatic hydroxyl groups excluding tert-OH is 1. The molecule has 1 aliphatic heterocycles. The molecule has 3 N–H and O–H groups in total. The molecule has 25 heavy (non-hydrogen) atoms. The number of hydrogen-bond donors (Lipinski definition) is 3. The van der Waals surface area contributed by atoms with Crippen molar-refractivity contribution in [1.82, 2.24) is 15.5 Å². The summed E-state index contributed by atoms with van der Waals surface area (Å²) in [5.74, 6) is -1.10. The van der Waals surface area contributed by atoms with Gasteiger partial charge in [-0.2, -0.15) is 0 Å². The van der Waals surface area contributed by atoms with Crippen molar-refractivity contribution in [1.29, 1.82) is 0 Å². The first-order valence-electron chi connectivity index (χ1n) is 9.15. The molecule has 0 atom stereocenters. The van der Waals surface area contributed by atoms with E-state index in [-0.39, 0.29) is 12.6 Å². The van der Waals surface area contributed by atoms with E-state index in [9.17, 15) is 9.59 Å². The summed E-state index contributed by atoms with van der Waals surface area (Å²) in [7, 11) is 0. The Kier molecular flexibility index (Phi) is 8.42. The second kappa shape index (κ2) is 10.8. The zero-order valence-corrected chi connectivity index (χ0v) is 14.7. The van der Waals surface area contributed by atoms with Crippen molar-refractivity contribution < 1.29 is 14.7 Å². The lowest BCUT2D eigenvalue weighted by Crippen LogP contribution is -2.49. The third-order valence-corrected chi connectivity index (χ3v) is 4.50. The highest BCUT2D eigenvalue weighted by Gasteiger charge is 2.23. The molecular weight excluding hydrogens is 318 g/mol. The zero-order valence-electron chi connectivity index (χ0n) is 14.7. The third-order valence-electron chi connectivity index (χ3n) is 4.50. The van der Waals surface area contributed by atoms with E-state index in [2.05, 4.69) is 27.7 Å². The summed E-state index contributed by atoms with van der Waals surface area (Å²) in [5.41, 5.74) is 1.30. The quantitative estimate of drug-likeness (QED) is 0.485. The van der Waals surface area contributed by atoms with Crippen LogP contribution in [0.25, 0.3) is 0 Å². The number of nitrogens with one attached hydrogen (secondary N) is 2. The second-order valence-corrected chi connectivity index (χ2v) is 6.55. The maximum absolute atomic E-state index is 11.9. The van der Waals surface area contributed by atoms with Gasteiger partial charge in [0, 0.05) is 38.8 Å². The van der Waals surface area contributed by atoms with E-state index in [4.69, 9.17) is 5.11 Å². The molecule has 0 unspecified atom stereocenters. The van der Waals surface area contributed by atoms with Crippen LogP contribution in [-0.2, 0) is 16.1 Å². The van der Waals surface area contributed by atoms with Crippen molar-refractivity contribution in [3.8, 4) is 0 Å². The van der Waals surface area contributed by atoms with Gasteiger partial charge in [-0.25, -0.2) is 0 Å². The number of piperidine rings is 1. The fourth-order valence-corrected chi connectivity index (χ4v) is 3.02. The summed E-state index contributed by atoms with van der Waals surface area (Å²) in [6.07, 6.45) is 4.07. The Morgan fingerprint density at radius 3 is 2.44 bits per heavy atom. The van der Waals surface area contributed by atoms with Gasteiger partial charge < -0.3 is 15.7 Å². The molecule has 138 valence electrons. The van der Waals surface area contributed by atoms with Gasteiger partial charge in [0.25, 0.3) is 0 Å². The molecule has 2 rings (SSSR count). The van der Waals surface area contributed by atoms with Crippen LogP contribution in [0.1, 0.15) is 37.7 Å². The van der Waals surface area contributed by atoms with Gasteiger partial charge in [-0.3, -0.25) is 14.5 Å². The molecular formula is C19H29N3O3. The normalized spacial score (nSPS) is 15.7. The first-order valence-corrected chi connectivity index (χ1v) is 9.15. The largest absolute Gasteiger partial charge is 0.396 e. The van der Waals surface area contributed by atoms with Crippen LogP contribution in [-0.4, -0.2) is 54.1 Å². The molecule has 1 aromatic carbocycles. The minimum Gasteiger partial charge on any atom is -0.396 e. The number of rotatable bonds is 8. The van der Waals surface area contributed by atoms with Crippen molar-refractivity contribution in [3.05, 3.63) is 35.9 Å². The Morgan fingerprint density at radius 1 is 1.04 bits per heavy atom. The zero-order chi connectivity index (χ0) is 17.9. The summed E-state index contributed by atoms with van der Waals surface area (Å²) in [4.78, 5) is 26.1. The van der Waals surface area contributed by atoms with Gasteiger partial charge in [-0.15, -0.1) is 0 Å². The van der Waals surface area contributed by atoms with E-state index in [1.54, 1.807) is 0 Å². The molecule has 1 saturated heterocycles. The van der Waals surface area contributed by atoms with Gasteiger partial charge in [0.05, 0.1) is 0 Å². The van der Waals surface area contributed by atoms with Gasteiger partial charge in [0.15, 0.2) is 0 Å². The second-order valence-electron chi connectivity index (χ2n) is 6.55. The number of aliphatic hydroxyl groups is 1. The number of amides is 2. The lowest BCUT2D eigenvalue weighted by Gasteiger charge is -2.32. The highest BCUT2D eigenvalue weighted by molar-refractivity contribution is 6.35. The Hall–Kier alpha value is -1.92. The van der Waals surface area contributed by atoms with E-state index in [1.165, 1.54) is 5.56 Å². The number of likely N-dealkylation sites (tertiary alicyclic amines) is 1. The molecule has 0 spiro atoms. The predicted molar refractivity (Wildman–Crippen MR) is 96.8 cm³/mol. The van der Waals surface area contributed by atoms with Crippen molar-refractivity contribution in [3.63, 3.8) is 0 Å². The van der Waals surface area contributed by atoms with Gasteiger partial charge in [-0.05, 0) is 37.7 Å². The molecule has 0 bridgehead atoms. The molecule has 1 aliphatic rings. The SMILES string of the molecule is O=C(NCCCCCO)C(=O)NC1CCN(Cc2ccccc2)CC1. The molecule has 0 radical (unpaired) electrons. The Labute approximate surface area is 149 Å². The van der Waals surface area contributed by atoms with E-state index >= 15 is 0 Å². The summed E-state index contributed by atoms with van der Waals surface area (Å²) < 4.78 is 0. The lowest BCUT2D eigenvalue weighted by atomic mass is 10.0. The minimum absolute atomic E-state index is 0.0691. The van der Waals surface area contributed by atoms with Crippen LogP contribution in [0.5, 0.6) is 0 Å². The van der Waals surface area contributed by atoms with E-state index in [1.807, 2.05) is 18.2 Å². The smallest absolute Gasteiger partial charge is 0.309 e. The maximum Gasteiger partial charge on any atom is 0.309 e. The average molecular weight is 347 g/mol. The highest BCUT2D eigenvalue weighted by atomic mass is 16.3. The predicted octanol–water partition coefficient (Wildman–Crippen LogP) is 1.05. The molecule has 0 aromatic heterocycles. The van der Waals surface area contributed by atoms with Crippen LogP contribution in [0, 0.1) is 0 Å². The number of unbranched alkanes of at least 4 members (excludes halogenated alkanes) is 2. The number of hydrogen-bond acceptors (Lipinski definition) is 4. The summed E-state index contributed by atoms with van der Waals surface area (Å²) >= 11 is 0. The molecule has 1 fully saturated rings. The summed E-state index contributed by atoms with van der Waals surface area (Å²) in [6.45, 7) is 3.40. The lowest BCUT2D eigenvalue weighted by molar-refractivity contribution is -0.139.